The van der Waals surface area contributed by atoms with E-state index in [0.29, 0.717) is 11.4 Å². The number of para-hydroxylation sites is 1. The first-order valence-electron chi connectivity index (χ1n) is 16.9. The molecule has 0 saturated carbocycles. The van der Waals surface area contributed by atoms with Crippen molar-refractivity contribution >= 4 is 21.9 Å². The van der Waals surface area contributed by atoms with Crippen LogP contribution < -0.4 is 0 Å². The molecule has 2 aromatic heterocycles. The van der Waals surface area contributed by atoms with Crippen molar-refractivity contribution in [2.45, 2.75) is 0 Å². The van der Waals surface area contributed by atoms with Gasteiger partial charge in [-0.2, -0.15) is 5.26 Å². The second-order valence-corrected chi connectivity index (χ2v) is 12.5. The average molecular weight is 652 g/mol. The van der Waals surface area contributed by atoms with E-state index >= 15 is 0 Å². The number of nitriles is 1. The van der Waals surface area contributed by atoms with Crippen LogP contribution in [-0.4, -0.2) is 9.97 Å². The highest BCUT2D eigenvalue weighted by atomic mass is 16.3. The van der Waals surface area contributed by atoms with Gasteiger partial charge in [-0.15, -0.1) is 0 Å². The first kappa shape index (κ1) is 30.0. The Morgan fingerprint density at radius 1 is 0.392 bits per heavy atom. The third-order valence-corrected chi connectivity index (χ3v) is 9.31. The summed E-state index contributed by atoms with van der Waals surface area (Å²) in [4.78, 5) is 10.2. The van der Waals surface area contributed by atoms with Crippen molar-refractivity contribution in [1.82, 2.24) is 9.97 Å². The Balaban J connectivity index is 1.30. The first-order valence-corrected chi connectivity index (χ1v) is 16.9. The van der Waals surface area contributed by atoms with E-state index in [2.05, 4.69) is 97.1 Å². The van der Waals surface area contributed by atoms with Crippen LogP contribution in [0.25, 0.3) is 89.2 Å². The van der Waals surface area contributed by atoms with E-state index < -0.39 is 0 Å². The van der Waals surface area contributed by atoms with Gasteiger partial charge in [0, 0.05) is 27.5 Å². The summed E-state index contributed by atoms with van der Waals surface area (Å²) in [6.07, 6.45) is 0. The number of nitrogens with zero attached hydrogens (tertiary/aromatic N) is 3. The molecule has 0 saturated heterocycles. The van der Waals surface area contributed by atoms with Crippen LogP contribution in [0.2, 0.25) is 0 Å². The summed E-state index contributed by atoms with van der Waals surface area (Å²) in [6, 6.07) is 62.3. The lowest BCUT2D eigenvalue weighted by Gasteiger charge is -2.15. The van der Waals surface area contributed by atoms with Gasteiger partial charge in [0.2, 0.25) is 0 Å². The second kappa shape index (κ2) is 12.7. The average Bonchev–Trinajstić information content (AvgIpc) is 3.59. The van der Waals surface area contributed by atoms with Gasteiger partial charge in [-0.05, 0) is 88.0 Å². The minimum Gasteiger partial charge on any atom is -0.456 e. The standard InChI is InChI=1S/C47H29N3O/c48-30-31-12-11-17-35(24-31)43-29-44(50-47(49-43)33-15-5-2-6-16-33)38-26-36(34-22-23-46-42(28-34)41-20-9-10-21-45(41)51-46)25-37(27-38)40-19-8-7-18-39(40)32-13-3-1-4-14-32/h1-29H. The van der Waals surface area contributed by atoms with Crippen LogP contribution in [0.15, 0.2) is 180 Å². The van der Waals surface area contributed by atoms with Crippen molar-refractivity contribution < 1.29 is 4.42 Å². The van der Waals surface area contributed by atoms with Gasteiger partial charge < -0.3 is 4.42 Å². The van der Waals surface area contributed by atoms with Crippen LogP contribution in [0.4, 0.5) is 0 Å². The van der Waals surface area contributed by atoms with Gasteiger partial charge in [0.05, 0.1) is 23.0 Å². The van der Waals surface area contributed by atoms with Crippen molar-refractivity contribution in [2.75, 3.05) is 0 Å². The van der Waals surface area contributed by atoms with Crippen LogP contribution in [-0.2, 0) is 0 Å². The zero-order valence-corrected chi connectivity index (χ0v) is 27.5. The molecule has 238 valence electrons. The molecule has 0 bridgehead atoms. The number of furan rings is 1. The summed E-state index contributed by atoms with van der Waals surface area (Å²) in [5.41, 5.74) is 13.2. The molecule has 0 radical (unpaired) electrons. The quantitative estimate of drug-likeness (QED) is 0.179. The number of aromatic nitrogens is 2. The molecule has 2 heterocycles. The lowest BCUT2D eigenvalue weighted by molar-refractivity contribution is 0.669. The molecular formula is C47H29N3O. The fourth-order valence-electron chi connectivity index (χ4n) is 6.81. The Labute approximate surface area is 295 Å². The summed E-state index contributed by atoms with van der Waals surface area (Å²) in [7, 11) is 0. The van der Waals surface area contributed by atoms with Gasteiger partial charge in [-0.25, -0.2) is 9.97 Å². The van der Waals surface area contributed by atoms with Crippen molar-refractivity contribution in [3.05, 3.63) is 181 Å². The number of hydrogen-bond donors (Lipinski definition) is 0. The van der Waals surface area contributed by atoms with E-state index in [-0.39, 0.29) is 0 Å². The van der Waals surface area contributed by atoms with Crippen molar-refractivity contribution in [3.63, 3.8) is 0 Å². The minimum absolute atomic E-state index is 0.581. The van der Waals surface area contributed by atoms with Crippen molar-refractivity contribution in [1.29, 1.82) is 5.26 Å². The number of rotatable bonds is 6. The molecule has 0 aliphatic carbocycles. The Hall–Kier alpha value is -7.09. The maximum atomic E-state index is 9.68. The maximum Gasteiger partial charge on any atom is 0.160 e. The van der Waals surface area contributed by atoms with E-state index in [1.54, 1.807) is 0 Å². The van der Waals surface area contributed by atoms with E-state index in [1.165, 1.54) is 0 Å². The first-order chi connectivity index (χ1) is 25.2. The van der Waals surface area contributed by atoms with Gasteiger partial charge >= 0.3 is 0 Å². The molecule has 51 heavy (non-hydrogen) atoms. The fourth-order valence-corrected chi connectivity index (χ4v) is 6.81. The van der Waals surface area contributed by atoms with Crippen LogP contribution in [0.3, 0.4) is 0 Å². The predicted octanol–water partition coefficient (Wildman–Crippen LogP) is 12.2. The summed E-state index contributed by atoms with van der Waals surface area (Å²) >= 11 is 0. The fraction of sp³-hybridized carbons (Fsp3) is 0. The van der Waals surface area contributed by atoms with Gasteiger partial charge in [0.15, 0.2) is 5.82 Å². The molecule has 0 N–H and O–H groups in total. The third-order valence-electron chi connectivity index (χ3n) is 9.31. The van der Waals surface area contributed by atoms with Crippen molar-refractivity contribution in [3.8, 4) is 73.4 Å². The molecule has 0 unspecified atom stereocenters. The van der Waals surface area contributed by atoms with Gasteiger partial charge in [-0.3, -0.25) is 0 Å². The summed E-state index contributed by atoms with van der Waals surface area (Å²) < 4.78 is 6.18. The molecule has 9 rings (SSSR count). The Kier molecular flexibility index (Phi) is 7.50. The van der Waals surface area contributed by atoms with E-state index in [4.69, 9.17) is 14.4 Å². The second-order valence-electron chi connectivity index (χ2n) is 12.5. The smallest absolute Gasteiger partial charge is 0.160 e. The number of fused-ring (bicyclic) bond motifs is 3. The molecule has 0 atom stereocenters. The molecule has 0 aliphatic heterocycles. The highest BCUT2D eigenvalue weighted by Gasteiger charge is 2.16. The Bertz CT molecular complexity index is 2760. The largest absolute Gasteiger partial charge is 0.456 e. The van der Waals surface area contributed by atoms with Gasteiger partial charge in [0.1, 0.15) is 11.2 Å². The zero-order chi connectivity index (χ0) is 34.1. The lowest BCUT2D eigenvalue weighted by atomic mass is 9.90. The Morgan fingerprint density at radius 3 is 1.78 bits per heavy atom. The molecular weight excluding hydrogens is 623 g/mol. The SMILES string of the molecule is N#Cc1cccc(-c2cc(-c3cc(-c4ccc5oc6ccccc6c5c4)cc(-c4ccccc4-c4ccccc4)c3)nc(-c3ccccc3)n2)c1. The Morgan fingerprint density at radius 2 is 1.00 bits per heavy atom. The molecule has 0 amide bonds. The lowest BCUT2D eigenvalue weighted by Crippen LogP contribution is -1.97. The van der Waals surface area contributed by atoms with Crippen LogP contribution >= 0.6 is 0 Å². The topological polar surface area (TPSA) is 62.7 Å². The van der Waals surface area contributed by atoms with Gasteiger partial charge in [0.25, 0.3) is 0 Å². The maximum absolute atomic E-state index is 9.68. The normalized spacial score (nSPS) is 11.1. The zero-order valence-electron chi connectivity index (χ0n) is 27.5. The monoisotopic (exact) mass is 651 g/mol. The number of hydrogen-bond acceptors (Lipinski definition) is 4. The highest BCUT2D eigenvalue weighted by Crippen LogP contribution is 2.40. The summed E-state index contributed by atoms with van der Waals surface area (Å²) in [5, 5.41) is 11.8. The van der Waals surface area contributed by atoms with Crippen LogP contribution in [0.1, 0.15) is 5.56 Å². The van der Waals surface area contributed by atoms with E-state index in [0.717, 1.165) is 83.4 Å². The molecule has 9 aromatic rings. The number of benzene rings is 7. The summed E-state index contributed by atoms with van der Waals surface area (Å²) in [6.45, 7) is 0. The minimum atomic E-state index is 0.581. The van der Waals surface area contributed by atoms with E-state index in [9.17, 15) is 5.26 Å². The summed E-state index contributed by atoms with van der Waals surface area (Å²) in [5.74, 6) is 0.619. The molecule has 4 heteroatoms. The third kappa shape index (κ3) is 5.73. The van der Waals surface area contributed by atoms with Crippen LogP contribution in [0, 0.1) is 11.3 Å². The highest BCUT2D eigenvalue weighted by molar-refractivity contribution is 6.06. The van der Waals surface area contributed by atoms with Gasteiger partial charge in [-0.1, -0.05) is 121 Å². The van der Waals surface area contributed by atoms with Crippen molar-refractivity contribution in [2.24, 2.45) is 0 Å². The molecule has 7 aromatic carbocycles. The molecule has 0 spiro atoms. The van der Waals surface area contributed by atoms with Crippen LogP contribution in [0.5, 0.6) is 0 Å². The predicted molar refractivity (Wildman–Crippen MR) is 207 cm³/mol. The molecule has 4 nitrogen and oxygen atoms in total. The van der Waals surface area contributed by atoms with E-state index in [1.807, 2.05) is 84.9 Å². The molecule has 0 aliphatic rings. The molecule has 0 fully saturated rings.